The fraction of sp³-hybridized carbons (Fsp3) is 0.263. The molecule has 2 aromatic carbocycles. The van der Waals surface area contributed by atoms with E-state index < -0.39 is 11.9 Å². The molecule has 5 heteroatoms. The number of hydrogen-bond donors (Lipinski definition) is 1. The Balaban J connectivity index is 2.10. The van der Waals surface area contributed by atoms with Crippen LogP contribution in [0.5, 0.6) is 5.75 Å². The third-order valence-corrected chi connectivity index (χ3v) is 3.90. The Kier molecular flexibility index (Phi) is 5.68. The van der Waals surface area contributed by atoms with Gasteiger partial charge in [-0.2, -0.15) is 0 Å². The Bertz CT molecular complexity index is 738. The quantitative estimate of drug-likeness (QED) is 0.787. The molecule has 0 fully saturated rings. The lowest BCUT2D eigenvalue weighted by molar-refractivity contribution is -0.141. The number of carboxylic acid groups (broad SMARTS) is 1. The zero-order valence-corrected chi connectivity index (χ0v) is 13.6. The van der Waals surface area contributed by atoms with Crippen LogP contribution in [-0.2, 0) is 11.2 Å². The Morgan fingerprint density at radius 1 is 1.17 bits per heavy atom. The van der Waals surface area contributed by atoms with Crippen LogP contribution in [0.2, 0.25) is 0 Å². The van der Waals surface area contributed by atoms with Gasteiger partial charge in [0.15, 0.2) is 5.78 Å². The van der Waals surface area contributed by atoms with Crippen molar-refractivity contribution < 1.29 is 23.8 Å². The summed E-state index contributed by atoms with van der Waals surface area (Å²) in [6, 6.07) is 11.1. The van der Waals surface area contributed by atoms with Crippen molar-refractivity contribution in [3.8, 4) is 5.75 Å². The van der Waals surface area contributed by atoms with Gasteiger partial charge in [-0.25, -0.2) is 4.39 Å². The van der Waals surface area contributed by atoms with Gasteiger partial charge in [0.25, 0.3) is 0 Å². The smallest absolute Gasteiger partial charge is 0.307 e. The zero-order chi connectivity index (χ0) is 17.7. The largest absolute Gasteiger partial charge is 0.497 e. The number of Topliss-reactive ketones (excluding diaryl/α,β-unsaturated/α-hetero) is 1. The summed E-state index contributed by atoms with van der Waals surface area (Å²) in [5.74, 6) is -1.88. The average molecular weight is 330 g/mol. The number of hydrogen-bond acceptors (Lipinski definition) is 3. The van der Waals surface area contributed by atoms with Crippen LogP contribution in [0.4, 0.5) is 4.39 Å². The molecule has 0 aliphatic rings. The Hall–Kier alpha value is -2.69. The van der Waals surface area contributed by atoms with E-state index in [1.54, 1.807) is 38.3 Å². The molecular weight excluding hydrogens is 311 g/mol. The molecule has 1 N–H and O–H groups in total. The number of aryl methyl sites for hydroxylation is 1. The molecule has 0 aliphatic carbocycles. The number of aliphatic carboxylic acids is 1. The number of rotatable bonds is 7. The van der Waals surface area contributed by atoms with Crippen molar-refractivity contribution in [3.63, 3.8) is 0 Å². The van der Waals surface area contributed by atoms with Gasteiger partial charge >= 0.3 is 5.97 Å². The fourth-order valence-corrected chi connectivity index (χ4v) is 2.45. The molecule has 0 saturated carbocycles. The van der Waals surface area contributed by atoms with Crippen molar-refractivity contribution >= 4 is 11.8 Å². The van der Waals surface area contributed by atoms with E-state index in [0.29, 0.717) is 16.9 Å². The molecule has 0 saturated heterocycles. The molecule has 24 heavy (non-hydrogen) atoms. The van der Waals surface area contributed by atoms with Gasteiger partial charge in [0.1, 0.15) is 11.6 Å². The second-order valence-electron chi connectivity index (χ2n) is 5.68. The van der Waals surface area contributed by atoms with E-state index in [2.05, 4.69) is 0 Å². The zero-order valence-electron chi connectivity index (χ0n) is 13.6. The lowest BCUT2D eigenvalue weighted by Gasteiger charge is -2.12. The molecule has 2 aromatic rings. The molecule has 0 heterocycles. The first-order chi connectivity index (χ1) is 11.4. The average Bonchev–Trinajstić information content (AvgIpc) is 2.57. The highest BCUT2D eigenvalue weighted by Crippen LogP contribution is 2.19. The van der Waals surface area contributed by atoms with Gasteiger partial charge in [0.05, 0.1) is 13.0 Å². The van der Waals surface area contributed by atoms with E-state index >= 15 is 0 Å². The molecule has 0 spiro atoms. The van der Waals surface area contributed by atoms with E-state index in [4.69, 9.17) is 4.74 Å². The van der Waals surface area contributed by atoms with Crippen molar-refractivity contribution in [1.82, 2.24) is 0 Å². The topological polar surface area (TPSA) is 63.6 Å². The maximum absolute atomic E-state index is 13.3. The lowest BCUT2D eigenvalue weighted by atomic mass is 9.92. The molecule has 0 aromatic heterocycles. The predicted octanol–water partition coefficient (Wildman–Crippen LogP) is 3.66. The third kappa shape index (κ3) is 4.41. The standard InChI is InChI=1S/C19H19FO4/c1-12-9-14(5-8-17(12)20)18(21)11-15(19(22)23)10-13-3-6-16(24-2)7-4-13/h3-9,15H,10-11H2,1-2H3,(H,22,23). The summed E-state index contributed by atoms with van der Waals surface area (Å²) in [4.78, 5) is 23.8. The molecule has 1 unspecified atom stereocenters. The third-order valence-electron chi connectivity index (χ3n) is 3.90. The Morgan fingerprint density at radius 2 is 1.83 bits per heavy atom. The minimum atomic E-state index is -1.03. The molecule has 126 valence electrons. The van der Waals surface area contributed by atoms with Crippen LogP contribution in [0.15, 0.2) is 42.5 Å². The normalized spacial score (nSPS) is 11.8. The number of carboxylic acids is 1. The van der Waals surface area contributed by atoms with Gasteiger partial charge in [0, 0.05) is 12.0 Å². The summed E-state index contributed by atoms with van der Waals surface area (Å²) in [6.07, 6.45) is 0.109. The molecule has 0 radical (unpaired) electrons. The van der Waals surface area contributed by atoms with Crippen LogP contribution >= 0.6 is 0 Å². The fourth-order valence-electron chi connectivity index (χ4n) is 2.45. The van der Waals surface area contributed by atoms with E-state index in [0.717, 1.165) is 5.56 Å². The molecule has 4 nitrogen and oxygen atoms in total. The first-order valence-electron chi connectivity index (χ1n) is 7.55. The molecule has 1 atom stereocenters. The first kappa shape index (κ1) is 17.7. The maximum Gasteiger partial charge on any atom is 0.307 e. The van der Waals surface area contributed by atoms with Crippen molar-refractivity contribution in [3.05, 3.63) is 65.0 Å². The lowest BCUT2D eigenvalue weighted by Crippen LogP contribution is -2.20. The number of ether oxygens (including phenoxy) is 1. The highest BCUT2D eigenvalue weighted by molar-refractivity contribution is 5.98. The summed E-state index contributed by atoms with van der Waals surface area (Å²) in [7, 11) is 1.55. The van der Waals surface area contributed by atoms with Crippen LogP contribution in [-0.4, -0.2) is 24.0 Å². The molecule has 0 aliphatic heterocycles. The number of methoxy groups -OCH3 is 1. The number of carbonyl (C=O) groups is 2. The van der Waals surface area contributed by atoms with Crippen molar-refractivity contribution in [1.29, 1.82) is 0 Å². The van der Waals surface area contributed by atoms with E-state index in [-0.39, 0.29) is 24.4 Å². The van der Waals surface area contributed by atoms with E-state index in [1.165, 1.54) is 18.2 Å². The maximum atomic E-state index is 13.3. The molecule has 0 amide bonds. The summed E-state index contributed by atoms with van der Waals surface area (Å²) in [5.41, 5.74) is 1.50. The van der Waals surface area contributed by atoms with Crippen molar-refractivity contribution in [2.45, 2.75) is 19.8 Å². The van der Waals surface area contributed by atoms with Crippen LogP contribution in [0, 0.1) is 18.7 Å². The second-order valence-corrected chi connectivity index (χ2v) is 5.68. The van der Waals surface area contributed by atoms with Crippen LogP contribution < -0.4 is 4.74 Å². The summed E-state index contributed by atoms with van der Waals surface area (Å²) < 4.78 is 18.4. The highest BCUT2D eigenvalue weighted by Gasteiger charge is 2.22. The minimum Gasteiger partial charge on any atom is -0.497 e. The number of halogens is 1. The van der Waals surface area contributed by atoms with Crippen molar-refractivity contribution in [2.75, 3.05) is 7.11 Å². The molecule has 0 bridgehead atoms. The van der Waals surface area contributed by atoms with Crippen LogP contribution in [0.25, 0.3) is 0 Å². The monoisotopic (exact) mass is 330 g/mol. The minimum absolute atomic E-state index is 0.133. The van der Waals surface area contributed by atoms with Crippen LogP contribution in [0.3, 0.4) is 0 Å². The van der Waals surface area contributed by atoms with Gasteiger partial charge in [-0.3, -0.25) is 9.59 Å². The van der Waals surface area contributed by atoms with Gasteiger partial charge in [0.2, 0.25) is 0 Å². The number of ketones is 1. The van der Waals surface area contributed by atoms with Crippen LogP contribution in [0.1, 0.15) is 27.9 Å². The first-order valence-corrected chi connectivity index (χ1v) is 7.55. The van der Waals surface area contributed by atoms with Gasteiger partial charge in [-0.05, 0) is 54.8 Å². The van der Waals surface area contributed by atoms with E-state index in [1.807, 2.05) is 0 Å². The molecule has 2 rings (SSSR count). The molecular formula is C19H19FO4. The second kappa shape index (κ2) is 7.73. The predicted molar refractivity (Wildman–Crippen MR) is 87.9 cm³/mol. The summed E-state index contributed by atoms with van der Waals surface area (Å²) in [5, 5.41) is 9.39. The van der Waals surface area contributed by atoms with Crippen molar-refractivity contribution in [2.24, 2.45) is 5.92 Å². The highest BCUT2D eigenvalue weighted by atomic mass is 19.1. The SMILES string of the molecule is COc1ccc(CC(CC(=O)c2ccc(F)c(C)c2)C(=O)O)cc1. The van der Waals surface area contributed by atoms with Gasteiger partial charge < -0.3 is 9.84 Å². The van der Waals surface area contributed by atoms with Gasteiger partial charge in [-0.1, -0.05) is 12.1 Å². The van der Waals surface area contributed by atoms with Gasteiger partial charge in [-0.15, -0.1) is 0 Å². The van der Waals surface area contributed by atoms with E-state index in [9.17, 15) is 19.1 Å². The number of benzene rings is 2. The Morgan fingerprint density at radius 3 is 2.38 bits per heavy atom. The summed E-state index contributed by atoms with van der Waals surface area (Å²) in [6.45, 7) is 1.57. The summed E-state index contributed by atoms with van der Waals surface area (Å²) >= 11 is 0. The number of carbonyl (C=O) groups excluding carboxylic acids is 1. The Labute approximate surface area is 139 Å².